The monoisotopic (exact) mass is 293 g/mol. The number of nitrogens with two attached hydrogens (primary N) is 1. The molecule has 2 rings (SSSR count). The van der Waals surface area contributed by atoms with E-state index in [1.54, 1.807) is 0 Å². The Balaban J connectivity index is 1.59. The summed E-state index contributed by atoms with van der Waals surface area (Å²) in [7, 11) is 0. The highest BCUT2D eigenvalue weighted by Gasteiger charge is 2.10. The maximum atomic E-state index is 11.8. The molecule has 0 bridgehead atoms. The van der Waals surface area contributed by atoms with Gasteiger partial charge in [0.25, 0.3) is 0 Å². The first-order valence-corrected chi connectivity index (χ1v) is 8.31. The summed E-state index contributed by atoms with van der Waals surface area (Å²) in [4.78, 5) is 14.2. The van der Waals surface area contributed by atoms with E-state index in [0.717, 1.165) is 43.9 Å². The predicted molar refractivity (Wildman–Crippen MR) is 86.0 cm³/mol. The molecule has 0 unspecified atom stereocenters. The Bertz CT molecular complexity index is 416. The Labute approximate surface area is 125 Å². The molecule has 1 fully saturated rings. The van der Waals surface area contributed by atoms with Gasteiger partial charge in [0.1, 0.15) is 0 Å². The van der Waals surface area contributed by atoms with E-state index in [9.17, 15) is 4.79 Å². The first kappa shape index (κ1) is 15.2. The molecule has 0 saturated carbocycles. The molecule has 0 spiro atoms. The lowest BCUT2D eigenvalue weighted by Gasteiger charge is -2.25. The van der Waals surface area contributed by atoms with Crippen LogP contribution < -0.4 is 11.1 Å². The number of nitrogens with zero attached hydrogens (tertiary/aromatic N) is 1. The number of benzene rings is 1. The van der Waals surface area contributed by atoms with E-state index in [2.05, 4.69) is 10.2 Å². The van der Waals surface area contributed by atoms with Crippen molar-refractivity contribution in [2.75, 3.05) is 43.4 Å². The van der Waals surface area contributed by atoms with Gasteiger partial charge in [-0.25, -0.2) is 0 Å². The number of thioether (sulfide) groups is 1. The van der Waals surface area contributed by atoms with Gasteiger partial charge < -0.3 is 11.1 Å². The average Bonchev–Trinajstić information content (AvgIpc) is 2.48. The number of rotatable bonds is 6. The second-order valence-electron chi connectivity index (χ2n) is 5.05. The second kappa shape index (κ2) is 8.17. The normalized spacial score (nSPS) is 16.0. The molecule has 0 atom stereocenters. The summed E-state index contributed by atoms with van der Waals surface area (Å²) in [6.07, 6.45) is 1.31. The van der Waals surface area contributed by atoms with Crippen molar-refractivity contribution in [3.05, 3.63) is 29.8 Å². The summed E-state index contributed by atoms with van der Waals surface area (Å²) in [5.41, 5.74) is 7.55. The molecule has 3 N–H and O–H groups in total. The van der Waals surface area contributed by atoms with Crippen molar-refractivity contribution in [2.45, 2.75) is 12.8 Å². The molecule has 0 aromatic heterocycles. The fourth-order valence-corrected chi connectivity index (χ4v) is 3.19. The van der Waals surface area contributed by atoms with Gasteiger partial charge in [-0.3, -0.25) is 9.69 Å². The number of hydrogen-bond acceptors (Lipinski definition) is 4. The van der Waals surface area contributed by atoms with Gasteiger partial charge in [0, 0.05) is 49.8 Å². The van der Waals surface area contributed by atoms with E-state index in [1.807, 2.05) is 36.0 Å². The summed E-state index contributed by atoms with van der Waals surface area (Å²) in [5, 5.41) is 3.00. The summed E-state index contributed by atoms with van der Waals surface area (Å²) in [5.74, 6) is 2.56. The number of carbonyl (C=O) groups is 1. The summed E-state index contributed by atoms with van der Waals surface area (Å²) in [6.45, 7) is 4.01. The van der Waals surface area contributed by atoms with Gasteiger partial charge in [0.2, 0.25) is 5.91 Å². The van der Waals surface area contributed by atoms with Crippen molar-refractivity contribution in [1.29, 1.82) is 0 Å². The maximum Gasteiger partial charge on any atom is 0.220 e. The average molecular weight is 293 g/mol. The van der Waals surface area contributed by atoms with Gasteiger partial charge in [0.05, 0.1) is 0 Å². The van der Waals surface area contributed by atoms with Crippen molar-refractivity contribution in [1.82, 2.24) is 10.2 Å². The standard InChI is InChI=1S/C15H23N3OS/c16-14-4-1-13(2-5-14)3-6-15(19)17-7-8-18-9-11-20-12-10-18/h1-2,4-5H,3,6-12,16H2,(H,17,19). The Morgan fingerprint density at radius 1 is 1.25 bits per heavy atom. The van der Waals surface area contributed by atoms with Crippen LogP contribution in [0.3, 0.4) is 0 Å². The third-order valence-corrected chi connectivity index (χ3v) is 4.42. The Kier molecular flexibility index (Phi) is 6.21. The van der Waals surface area contributed by atoms with Crippen LogP contribution in [0.15, 0.2) is 24.3 Å². The van der Waals surface area contributed by atoms with E-state index in [-0.39, 0.29) is 5.91 Å². The second-order valence-corrected chi connectivity index (χ2v) is 6.27. The molecule has 1 aromatic carbocycles. The van der Waals surface area contributed by atoms with Gasteiger partial charge >= 0.3 is 0 Å². The number of anilines is 1. The molecule has 110 valence electrons. The highest BCUT2D eigenvalue weighted by atomic mass is 32.2. The van der Waals surface area contributed by atoms with Crippen LogP contribution in [0.5, 0.6) is 0 Å². The Morgan fingerprint density at radius 3 is 2.65 bits per heavy atom. The Morgan fingerprint density at radius 2 is 1.95 bits per heavy atom. The molecule has 5 heteroatoms. The SMILES string of the molecule is Nc1ccc(CCC(=O)NCCN2CCSCC2)cc1. The van der Waals surface area contributed by atoms with Crippen molar-refractivity contribution in [2.24, 2.45) is 0 Å². The van der Waals surface area contributed by atoms with Gasteiger partial charge in [-0.05, 0) is 24.1 Å². The van der Waals surface area contributed by atoms with E-state index in [1.165, 1.54) is 11.5 Å². The zero-order valence-corrected chi connectivity index (χ0v) is 12.6. The number of aryl methyl sites for hydroxylation is 1. The molecule has 0 aliphatic carbocycles. The van der Waals surface area contributed by atoms with Gasteiger partial charge in [-0.1, -0.05) is 12.1 Å². The maximum absolute atomic E-state index is 11.8. The smallest absolute Gasteiger partial charge is 0.220 e. The lowest BCUT2D eigenvalue weighted by atomic mass is 10.1. The minimum absolute atomic E-state index is 0.133. The number of amides is 1. The topological polar surface area (TPSA) is 58.4 Å². The molecule has 0 radical (unpaired) electrons. The van der Waals surface area contributed by atoms with Crippen molar-refractivity contribution in [3.8, 4) is 0 Å². The van der Waals surface area contributed by atoms with Crippen LogP contribution in [0.25, 0.3) is 0 Å². The highest BCUT2D eigenvalue weighted by molar-refractivity contribution is 7.99. The third-order valence-electron chi connectivity index (χ3n) is 3.47. The van der Waals surface area contributed by atoms with E-state index >= 15 is 0 Å². The zero-order chi connectivity index (χ0) is 14.2. The summed E-state index contributed by atoms with van der Waals surface area (Å²) < 4.78 is 0. The molecular formula is C15H23N3OS. The minimum Gasteiger partial charge on any atom is -0.399 e. The van der Waals surface area contributed by atoms with Crippen LogP contribution in [0, 0.1) is 0 Å². The molecule has 1 heterocycles. The van der Waals surface area contributed by atoms with Crippen molar-refractivity contribution >= 4 is 23.4 Å². The number of nitrogens with one attached hydrogen (secondary N) is 1. The fraction of sp³-hybridized carbons (Fsp3) is 0.533. The van der Waals surface area contributed by atoms with Crippen molar-refractivity contribution in [3.63, 3.8) is 0 Å². The molecule has 1 aliphatic heterocycles. The molecule has 1 aliphatic rings. The number of nitrogen functional groups attached to an aromatic ring is 1. The zero-order valence-electron chi connectivity index (χ0n) is 11.8. The predicted octanol–water partition coefficient (Wildman–Crippen LogP) is 1.37. The summed E-state index contributed by atoms with van der Waals surface area (Å²) >= 11 is 2.01. The number of carbonyl (C=O) groups excluding carboxylic acids is 1. The van der Waals surface area contributed by atoms with Crippen LogP contribution >= 0.6 is 11.8 Å². The molecule has 4 nitrogen and oxygen atoms in total. The Hall–Kier alpha value is -1.20. The van der Waals surface area contributed by atoms with E-state index in [0.29, 0.717) is 6.42 Å². The first-order chi connectivity index (χ1) is 9.74. The van der Waals surface area contributed by atoms with Crippen LogP contribution in [0.2, 0.25) is 0 Å². The van der Waals surface area contributed by atoms with Gasteiger partial charge in [-0.2, -0.15) is 11.8 Å². The fourth-order valence-electron chi connectivity index (χ4n) is 2.21. The number of hydrogen-bond donors (Lipinski definition) is 2. The lowest BCUT2D eigenvalue weighted by Crippen LogP contribution is -2.39. The van der Waals surface area contributed by atoms with Gasteiger partial charge in [0.15, 0.2) is 0 Å². The molecule has 20 heavy (non-hydrogen) atoms. The van der Waals surface area contributed by atoms with Crippen LogP contribution in [-0.4, -0.2) is 48.5 Å². The minimum atomic E-state index is 0.133. The molecule has 1 aromatic rings. The quantitative estimate of drug-likeness (QED) is 0.778. The highest BCUT2D eigenvalue weighted by Crippen LogP contribution is 2.08. The van der Waals surface area contributed by atoms with Gasteiger partial charge in [-0.15, -0.1) is 0 Å². The van der Waals surface area contributed by atoms with E-state index < -0.39 is 0 Å². The molecular weight excluding hydrogens is 270 g/mol. The van der Waals surface area contributed by atoms with Crippen LogP contribution in [0.4, 0.5) is 5.69 Å². The summed E-state index contributed by atoms with van der Waals surface area (Å²) in [6, 6.07) is 7.71. The largest absolute Gasteiger partial charge is 0.399 e. The molecule has 1 amide bonds. The van der Waals surface area contributed by atoms with Crippen LogP contribution in [-0.2, 0) is 11.2 Å². The third kappa shape index (κ3) is 5.43. The lowest BCUT2D eigenvalue weighted by molar-refractivity contribution is -0.121. The van der Waals surface area contributed by atoms with E-state index in [4.69, 9.17) is 5.73 Å². The van der Waals surface area contributed by atoms with Crippen LogP contribution in [0.1, 0.15) is 12.0 Å². The first-order valence-electron chi connectivity index (χ1n) is 7.15. The van der Waals surface area contributed by atoms with Crippen molar-refractivity contribution < 1.29 is 4.79 Å². The molecule has 1 saturated heterocycles.